The van der Waals surface area contributed by atoms with Crippen molar-refractivity contribution in [2.75, 3.05) is 7.11 Å². The maximum Gasteiger partial charge on any atom is 0.309 e. The second-order valence-electron chi connectivity index (χ2n) is 3.74. The highest BCUT2D eigenvalue weighted by Gasteiger charge is 2.08. The molecule has 0 aromatic heterocycles. The lowest BCUT2D eigenvalue weighted by molar-refractivity contribution is -0.139. The first-order chi connectivity index (χ1) is 8.58. The summed E-state index contributed by atoms with van der Waals surface area (Å²) in [4.78, 5) is 22.5. The van der Waals surface area contributed by atoms with E-state index in [0.717, 1.165) is 5.56 Å². The zero-order chi connectivity index (χ0) is 13.5. The van der Waals surface area contributed by atoms with Crippen LogP contribution in [0.4, 0.5) is 0 Å². The number of hydrogen-bond acceptors (Lipinski definition) is 4. The lowest BCUT2D eigenvalue weighted by Crippen LogP contribution is -1.98. The number of ketones is 1. The van der Waals surface area contributed by atoms with Gasteiger partial charge in [0, 0.05) is 6.42 Å². The summed E-state index contributed by atoms with van der Waals surface area (Å²) < 4.78 is 4.50. The van der Waals surface area contributed by atoms with Gasteiger partial charge in [-0.25, -0.2) is 0 Å². The van der Waals surface area contributed by atoms with E-state index in [9.17, 15) is 14.7 Å². The predicted octanol–water partition coefficient (Wildman–Crippen LogP) is 2.56. The first-order valence-electron chi connectivity index (χ1n) is 5.68. The van der Waals surface area contributed by atoms with Crippen molar-refractivity contribution in [2.45, 2.75) is 19.8 Å². The van der Waals surface area contributed by atoms with Crippen LogP contribution in [0.2, 0.25) is 0 Å². The van der Waals surface area contributed by atoms with Crippen molar-refractivity contribution < 1.29 is 19.4 Å². The molecule has 0 saturated heterocycles. The summed E-state index contributed by atoms with van der Waals surface area (Å²) in [6.45, 7) is 1.74. The van der Waals surface area contributed by atoms with Gasteiger partial charge in [-0.2, -0.15) is 0 Å². The van der Waals surface area contributed by atoms with Crippen molar-refractivity contribution in [2.24, 2.45) is 0 Å². The molecule has 0 saturated carbocycles. The Morgan fingerprint density at radius 1 is 1.39 bits per heavy atom. The fraction of sp³-hybridized carbons (Fsp3) is 0.286. The number of esters is 1. The first-order valence-corrected chi connectivity index (χ1v) is 5.68. The molecule has 4 nitrogen and oxygen atoms in total. The van der Waals surface area contributed by atoms with Crippen molar-refractivity contribution >= 4 is 17.8 Å². The Balaban J connectivity index is 2.85. The molecule has 0 bridgehead atoms. The minimum Gasteiger partial charge on any atom is -0.507 e. The minimum atomic E-state index is -0.324. The number of ether oxygens (including phenoxy) is 1. The van der Waals surface area contributed by atoms with E-state index in [1.807, 2.05) is 0 Å². The molecule has 18 heavy (non-hydrogen) atoms. The quantitative estimate of drug-likeness (QED) is 0.642. The summed E-state index contributed by atoms with van der Waals surface area (Å²) in [5, 5.41) is 9.57. The van der Waals surface area contributed by atoms with E-state index in [2.05, 4.69) is 4.74 Å². The van der Waals surface area contributed by atoms with Crippen LogP contribution in [-0.4, -0.2) is 24.0 Å². The molecule has 0 aliphatic rings. The third-order valence-corrected chi connectivity index (χ3v) is 2.46. The molecule has 0 atom stereocenters. The lowest BCUT2D eigenvalue weighted by Gasteiger charge is -2.03. The van der Waals surface area contributed by atoms with Crippen LogP contribution in [0.1, 0.15) is 35.7 Å². The molecule has 0 aliphatic heterocycles. The van der Waals surface area contributed by atoms with Crippen molar-refractivity contribution in [1.29, 1.82) is 0 Å². The summed E-state index contributed by atoms with van der Waals surface area (Å²) in [6, 6.07) is 4.76. The van der Waals surface area contributed by atoms with Crippen molar-refractivity contribution in [3.8, 4) is 5.75 Å². The van der Waals surface area contributed by atoms with Crippen molar-refractivity contribution in [3.05, 3.63) is 35.4 Å². The largest absolute Gasteiger partial charge is 0.507 e. The molecule has 0 heterocycles. The van der Waals surface area contributed by atoms with E-state index in [1.54, 1.807) is 31.2 Å². The second kappa shape index (κ2) is 6.59. The Bertz CT molecular complexity index is 475. The number of aromatic hydroxyl groups is 1. The molecule has 1 N–H and O–H groups in total. The van der Waals surface area contributed by atoms with Crippen LogP contribution < -0.4 is 0 Å². The molecule has 4 heteroatoms. The zero-order valence-corrected chi connectivity index (χ0v) is 10.5. The average Bonchev–Trinajstić information content (AvgIpc) is 2.39. The van der Waals surface area contributed by atoms with Gasteiger partial charge >= 0.3 is 5.97 Å². The number of carbonyl (C=O) groups is 2. The van der Waals surface area contributed by atoms with Crippen molar-refractivity contribution in [1.82, 2.24) is 0 Å². The first kappa shape index (κ1) is 14.0. The van der Waals surface area contributed by atoms with Gasteiger partial charge in [0.15, 0.2) is 5.78 Å². The highest BCUT2D eigenvalue weighted by atomic mass is 16.5. The maximum absolute atomic E-state index is 11.6. The van der Waals surface area contributed by atoms with Crippen LogP contribution in [0.3, 0.4) is 0 Å². The molecule has 0 aliphatic carbocycles. The second-order valence-corrected chi connectivity index (χ2v) is 3.74. The SMILES string of the molecule is CCC(=O)c1cc(C=CCC(=O)OC)ccc1O. The van der Waals surface area contributed by atoms with Crippen LogP contribution in [0.25, 0.3) is 6.08 Å². The minimum absolute atomic E-state index is 0.0213. The van der Waals surface area contributed by atoms with Crippen LogP contribution in [0.5, 0.6) is 5.75 Å². The molecule has 1 aromatic rings. The van der Waals surface area contributed by atoms with Gasteiger partial charge in [-0.1, -0.05) is 25.1 Å². The highest BCUT2D eigenvalue weighted by molar-refractivity contribution is 5.98. The molecule has 0 fully saturated rings. The lowest BCUT2D eigenvalue weighted by atomic mass is 10.0. The zero-order valence-electron chi connectivity index (χ0n) is 10.5. The van der Waals surface area contributed by atoms with Gasteiger partial charge in [0.05, 0.1) is 19.1 Å². The van der Waals surface area contributed by atoms with Crippen LogP contribution in [0, 0.1) is 0 Å². The molecule has 96 valence electrons. The van der Waals surface area contributed by atoms with Gasteiger partial charge in [0.1, 0.15) is 5.75 Å². The van der Waals surface area contributed by atoms with E-state index in [1.165, 1.54) is 13.2 Å². The normalized spacial score (nSPS) is 10.6. The van der Waals surface area contributed by atoms with Crippen LogP contribution in [-0.2, 0) is 9.53 Å². The van der Waals surface area contributed by atoms with E-state index in [0.29, 0.717) is 12.0 Å². The average molecular weight is 248 g/mol. The fourth-order valence-corrected chi connectivity index (χ4v) is 1.45. The van der Waals surface area contributed by atoms with Gasteiger partial charge in [0.25, 0.3) is 0 Å². The number of phenolic OH excluding ortho intramolecular Hbond substituents is 1. The molecule has 0 spiro atoms. The molecule has 0 radical (unpaired) electrons. The van der Waals surface area contributed by atoms with E-state index in [-0.39, 0.29) is 23.9 Å². The third-order valence-electron chi connectivity index (χ3n) is 2.46. The van der Waals surface area contributed by atoms with Gasteiger partial charge in [0.2, 0.25) is 0 Å². The topological polar surface area (TPSA) is 63.6 Å². The monoisotopic (exact) mass is 248 g/mol. The Labute approximate surface area is 106 Å². The maximum atomic E-state index is 11.6. The van der Waals surface area contributed by atoms with Gasteiger partial charge in [-0.3, -0.25) is 9.59 Å². The van der Waals surface area contributed by atoms with Gasteiger partial charge in [-0.15, -0.1) is 0 Å². The number of phenols is 1. The number of hydrogen-bond donors (Lipinski definition) is 1. The smallest absolute Gasteiger partial charge is 0.309 e. The number of Topliss-reactive ketones (excluding diaryl/α,β-unsaturated/α-hetero) is 1. The van der Waals surface area contributed by atoms with Gasteiger partial charge < -0.3 is 9.84 Å². The number of rotatable bonds is 5. The Kier molecular flexibility index (Phi) is 5.11. The van der Waals surface area contributed by atoms with E-state index >= 15 is 0 Å². The summed E-state index contributed by atoms with van der Waals surface area (Å²) in [5.74, 6) is -0.461. The number of carbonyl (C=O) groups excluding carboxylic acids is 2. The molecule has 0 amide bonds. The molecule has 1 aromatic carbocycles. The summed E-state index contributed by atoms with van der Waals surface area (Å²) in [6.07, 6.45) is 3.87. The summed E-state index contributed by atoms with van der Waals surface area (Å²) >= 11 is 0. The van der Waals surface area contributed by atoms with Gasteiger partial charge in [-0.05, 0) is 17.7 Å². The summed E-state index contributed by atoms with van der Waals surface area (Å²) in [5.41, 5.74) is 1.06. The summed E-state index contributed by atoms with van der Waals surface area (Å²) in [7, 11) is 1.33. The molecule has 1 rings (SSSR count). The standard InChI is InChI=1S/C14H16O4/c1-3-12(15)11-9-10(7-8-13(11)16)5-4-6-14(17)18-2/h4-5,7-9,16H,3,6H2,1-2H3. The number of methoxy groups -OCH3 is 1. The molecule has 0 unspecified atom stereocenters. The van der Waals surface area contributed by atoms with Crippen molar-refractivity contribution in [3.63, 3.8) is 0 Å². The van der Waals surface area contributed by atoms with E-state index in [4.69, 9.17) is 0 Å². The fourth-order valence-electron chi connectivity index (χ4n) is 1.45. The number of benzene rings is 1. The molecular formula is C14H16O4. The van der Waals surface area contributed by atoms with Crippen LogP contribution >= 0.6 is 0 Å². The Morgan fingerprint density at radius 2 is 2.11 bits per heavy atom. The Morgan fingerprint density at radius 3 is 2.72 bits per heavy atom. The third kappa shape index (κ3) is 3.73. The molecular weight excluding hydrogens is 232 g/mol. The Hall–Kier alpha value is -2.10. The van der Waals surface area contributed by atoms with E-state index < -0.39 is 0 Å². The van der Waals surface area contributed by atoms with Crippen LogP contribution in [0.15, 0.2) is 24.3 Å². The predicted molar refractivity (Wildman–Crippen MR) is 68.4 cm³/mol. The highest BCUT2D eigenvalue weighted by Crippen LogP contribution is 2.21.